The van der Waals surface area contributed by atoms with E-state index >= 15 is 0 Å². The molecular formula is C10H28NO3Ti-. The van der Waals surface area contributed by atoms with E-state index in [1.165, 1.54) is 12.8 Å². The van der Waals surface area contributed by atoms with Gasteiger partial charge >= 0.3 is 0 Å². The largest absolute Gasteiger partial charge is 0.470 e. The molecule has 0 aromatic rings. The van der Waals surface area contributed by atoms with Crippen molar-refractivity contribution < 1.29 is 37.0 Å². The summed E-state index contributed by atoms with van der Waals surface area (Å²) in [5.74, 6) is 0. The number of rotatable bonds is 5. The van der Waals surface area contributed by atoms with Gasteiger partial charge < -0.3 is 20.6 Å². The first-order chi connectivity index (χ1) is 6.91. The minimum Gasteiger partial charge on any atom is -0.470 e. The third-order valence-electron chi connectivity index (χ3n) is 1.02. The van der Waals surface area contributed by atoms with E-state index in [1.807, 2.05) is 0 Å². The van der Waals surface area contributed by atoms with Crippen molar-refractivity contribution >= 4 is 0 Å². The van der Waals surface area contributed by atoms with E-state index in [-0.39, 0.29) is 21.7 Å². The molecule has 0 aliphatic carbocycles. The minimum atomic E-state index is 0. The Morgan fingerprint density at radius 1 is 0.933 bits per heavy atom. The normalized spacial score (nSPS) is 6.40. The number of hydrogen-bond acceptors (Lipinski definition) is 4. The summed E-state index contributed by atoms with van der Waals surface area (Å²) in [6, 6.07) is 0. The topological polar surface area (TPSA) is 72.7 Å². The van der Waals surface area contributed by atoms with Gasteiger partial charge in [0.2, 0.25) is 0 Å². The quantitative estimate of drug-likeness (QED) is 0.334. The molecule has 0 saturated carbocycles. The van der Waals surface area contributed by atoms with Crippen LogP contribution in [-0.4, -0.2) is 43.2 Å². The fraction of sp³-hybridized carbons (Fsp3) is 0.900. The second kappa shape index (κ2) is 62.2. The first-order valence-corrected chi connectivity index (χ1v) is 4.81. The van der Waals surface area contributed by atoms with Crippen molar-refractivity contribution in [3.8, 4) is 0 Å². The second-order valence-corrected chi connectivity index (χ2v) is 1.92. The Hall–Kier alpha value is 0.554. The van der Waals surface area contributed by atoms with Crippen LogP contribution in [0.2, 0.25) is 0 Å². The van der Waals surface area contributed by atoms with E-state index in [0.717, 1.165) is 34.3 Å². The maximum absolute atomic E-state index is 7.00. The summed E-state index contributed by atoms with van der Waals surface area (Å²) in [7, 11) is 3.00. The Morgan fingerprint density at radius 2 is 1.33 bits per heavy atom. The number of unbranched alkanes of at least 4 members (excludes halogenated alkanes) is 1. The summed E-state index contributed by atoms with van der Waals surface area (Å²) in [5, 5.41) is 24.2. The molecule has 0 bridgehead atoms. The third-order valence-corrected chi connectivity index (χ3v) is 1.02. The average molecular weight is 258 g/mol. The molecule has 0 aromatic heterocycles. The maximum Gasteiger partial charge on any atom is 0.0319 e. The average Bonchev–Trinajstić information content (AvgIpc) is 2.33. The molecule has 0 amide bonds. The van der Waals surface area contributed by atoms with Gasteiger partial charge in [0.1, 0.15) is 0 Å². The molecule has 15 heavy (non-hydrogen) atoms. The Morgan fingerprint density at radius 3 is 1.60 bits per heavy atom. The van der Waals surface area contributed by atoms with Crippen LogP contribution in [-0.2, 0) is 21.7 Å². The molecule has 0 spiro atoms. The van der Waals surface area contributed by atoms with Crippen LogP contribution in [0.25, 0.3) is 0 Å². The molecule has 4 N–H and O–H groups in total. The third kappa shape index (κ3) is 74.4. The molecule has 0 unspecified atom stereocenters. The molecule has 0 saturated heterocycles. The van der Waals surface area contributed by atoms with Gasteiger partial charge in [-0.3, -0.25) is 6.54 Å². The van der Waals surface area contributed by atoms with Crippen LogP contribution in [0, 0.1) is 6.54 Å². The number of nitrogens with one attached hydrogen (secondary N) is 1. The van der Waals surface area contributed by atoms with Crippen molar-refractivity contribution in [2.45, 2.75) is 33.1 Å². The molecular weight excluding hydrogens is 230 g/mol. The molecule has 4 nitrogen and oxygen atoms in total. The van der Waals surface area contributed by atoms with Crippen LogP contribution in [0.3, 0.4) is 0 Å². The molecule has 0 aliphatic rings. The predicted octanol–water partition coefficient (Wildman–Crippen LogP) is 0.771. The fourth-order valence-electron chi connectivity index (χ4n) is 0.525. The second-order valence-electron chi connectivity index (χ2n) is 1.92. The van der Waals surface area contributed by atoms with E-state index < -0.39 is 0 Å². The number of hydrogen-bond donors (Lipinski definition) is 4. The van der Waals surface area contributed by atoms with Crippen molar-refractivity contribution in [3.63, 3.8) is 0 Å². The van der Waals surface area contributed by atoms with Crippen molar-refractivity contribution in [3.05, 3.63) is 6.54 Å². The molecule has 0 atom stereocenters. The standard InChI is InChI=1S/C7H16N.3CH4O.Ti/c1-3-5-7-8-6-4-2;3*1-2;/h6,8H,3-5,7H2,1-2H3;3*2H,1H3;/q-1;;;;. The monoisotopic (exact) mass is 258 g/mol. The van der Waals surface area contributed by atoms with Crippen LogP contribution in [0.4, 0.5) is 0 Å². The molecule has 96 valence electrons. The van der Waals surface area contributed by atoms with Gasteiger partial charge in [0.05, 0.1) is 0 Å². The smallest absolute Gasteiger partial charge is 0.0319 e. The fourth-order valence-corrected chi connectivity index (χ4v) is 0.525. The van der Waals surface area contributed by atoms with Gasteiger partial charge in [0.25, 0.3) is 0 Å². The molecule has 0 aliphatic heterocycles. The van der Waals surface area contributed by atoms with Crippen molar-refractivity contribution in [1.82, 2.24) is 5.32 Å². The summed E-state index contributed by atoms with van der Waals surface area (Å²) >= 11 is 0. The molecule has 0 radical (unpaired) electrons. The molecule has 5 heteroatoms. The zero-order chi connectivity index (χ0) is 12.2. The molecule has 0 rings (SSSR count). The van der Waals surface area contributed by atoms with Crippen LogP contribution >= 0.6 is 0 Å². The van der Waals surface area contributed by atoms with Gasteiger partial charge in [-0.05, 0) is 13.0 Å². The van der Waals surface area contributed by atoms with Crippen LogP contribution < -0.4 is 5.32 Å². The number of aliphatic hydroxyl groups excluding tert-OH is 3. The predicted molar refractivity (Wildman–Crippen MR) is 61.9 cm³/mol. The molecule has 0 aromatic carbocycles. The summed E-state index contributed by atoms with van der Waals surface area (Å²) in [6.45, 7) is 7.59. The summed E-state index contributed by atoms with van der Waals surface area (Å²) in [4.78, 5) is 0. The first-order valence-electron chi connectivity index (χ1n) is 4.81. The summed E-state index contributed by atoms with van der Waals surface area (Å²) < 4.78 is 0. The van der Waals surface area contributed by atoms with Gasteiger partial charge in [-0.25, -0.2) is 0 Å². The van der Waals surface area contributed by atoms with Crippen LogP contribution in [0.5, 0.6) is 0 Å². The van der Waals surface area contributed by atoms with Gasteiger partial charge in [-0.2, -0.15) is 6.42 Å². The Bertz CT molecular complexity index is 45.6. The zero-order valence-electron chi connectivity index (χ0n) is 10.7. The van der Waals surface area contributed by atoms with Gasteiger partial charge in [0, 0.05) is 43.0 Å². The van der Waals surface area contributed by atoms with E-state index in [0.29, 0.717) is 0 Å². The van der Waals surface area contributed by atoms with Gasteiger partial charge in [-0.1, -0.05) is 20.3 Å². The van der Waals surface area contributed by atoms with Gasteiger partial charge in [0.15, 0.2) is 0 Å². The first kappa shape index (κ1) is 29.6. The van der Waals surface area contributed by atoms with Crippen molar-refractivity contribution in [2.24, 2.45) is 0 Å². The SMILES string of the molecule is CC[CH-]NCCCC.CO.CO.CO.[Ti]. The van der Waals surface area contributed by atoms with Crippen LogP contribution in [0.15, 0.2) is 0 Å². The summed E-state index contributed by atoms with van der Waals surface area (Å²) in [6.07, 6.45) is 3.70. The van der Waals surface area contributed by atoms with Crippen LogP contribution in [0.1, 0.15) is 33.1 Å². The Kier molecular flexibility index (Phi) is 123. The zero-order valence-corrected chi connectivity index (χ0v) is 12.3. The van der Waals surface area contributed by atoms with E-state index in [4.69, 9.17) is 15.3 Å². The summed E-state index contributed by atoms with van der Waals surface area (Å²) in [5.41, 5.74) is 0. The Balaban J connectivity index is -0.0000000410. The number of aliphatic hydroxyl groups is 3. The van der Waals surface area contributed by atoms with E-state index in [1.54, 1.807) is 0 Å². The molecule has 0 heterocycles. The van der Waals surface area contributed by atoms with Gasteiger partial charge in [-0.15, -0.1) is 0 Å². The Labute approximate surface area is 110 Å². The van der Waals surface area contributed by atoms with Crippen molar-refractivity contribution in [2.75, 3.05) is 27.9 Å². The molecule has 0 fully saturated rings. The maximum atomic E-state index is 7.00. The van der Waals surface area contributed by atoms with E-state index in [9.17, 15) is 0 Å². The minimum absolute atomic E-state index is 0. The van der Waals surface area contributed by atoms with Crippen molar-refractivity contribution in [1.29, 1.82) is 0 Å². The van der Waals surface area contributed by atoms with E-state index in [2.05, 4.69) is 25.7 Å².